The lowest BCUT2D eigenvalue weighted by molar-refractivity contribution is 0.100. The highest BCUT2D eigenvalue weighted by molar-refractivity contribution is 9.10. The van der Waals surface area contributed by atoms with E-state index in [2.05, 4.69) is 15.9 Å². The van der Waals surface area contributed by atoms with Crippen molar-refractivity contribution in [2.75, 3.05) is 6.54 Å². The third-order valence-corrected chi connectivity index (χ3v) is 2.17. The van der Waals surface area contributed by atoms with Crippen LogP contribution >= 0.6 is 15.9 Å². The molecule has 0 spiro atoms. The highest BCUT2D eigenvalue weighted by Gasteiger charge is 2.05. The lowest BCUT2D eigenvalue weighted by atomic mass is 10.1. The summed E-state index contributed by atoms with van der Waals surface area (Å²) in [7, 11) is 0. The van der Waals surface area contributed by atoms with Crippen LogP contribution in [-0.4, -0.2) is 12.3 Å². The second-order valence-electron chi connectivity index (χ2n) is 2.59. The molecule has 2 nitrogen and oxygen atoms in total. The molecular weight excluding hydrogens is 218 g/mol. The van der Waals surface area contributed by atoms with Gasteiger partial charge in [-0.1, -0.05) is 15.9 Å². The third kappa shape index (κ3) is 1.93. The van der Waals surface area contributed by atoms with Gasteiger partial charge in [-0.15, -0.1) is 0 Å². The first-order chi connectivity index (χ1) is 5.65. The fourth-order valence-corrected chi connectivity index (χ4v) is 1.53. The van der Waals surface area contributed by atoms with E-state index in [0.717, 1.165) is 10.0 Å². The number of Topliss-reactive ketones (excluding diaryl/α,β-unsaturated/α-hetero) is 1. The van der Waals surface area contributed by atoms with E-state index in [-0.39, 0.29) is 12.3 Å². The first-order valence-electron chi connectivity index (χ1n) is 3.64. The van der Waals surface area contributed by atoms with Gasteiger partial charge in [0.25, 0.3) is 0 Å². The molecule has 0 aromatic heterocycles. The number of nitrogens with two attached hydrogens (primary N) is 1. The maximum atomic E-state index is 11.2. The van der Waals surface area contributed by atoms with Crippen LogP contribution in [0.1, 0.15) is 15.9 Å². The number of benzene rings is 1. The molecule has 1 aromatic rings. The lowest BCUT2D eigenvalue weighted by Gasteiger charge is -2.02. The average Bonchev–Trinajstić information content (AvgIpc) is 2.03. The van der Waals surface area contributed by atoms with Crippen molar-refractivity contribution in [1.29, 1.82) is 0 Å². The first-order valence-corrected chi connectivity index (χ1v) is 4.44. The number of hydrogen-bond donors (Lipinski definition) is 1. The Morgan fingerprint density at radius 3 is 2.75 bits per heavy atom. The summed E-state index contributed by atoms with van der Waals surface area (Å²) in [6, 6.07) is 5.54. The summed E-state index contributed by atoms with van der Waals surface area (Å²) >= 11 is 3.32. The van der Waals surface area contributed by atoms with E-state index in [4.69, 9.17) is 5.73 Å². The predicted octanol–water partition coefficient (Wildman–Crippen LogP) is 1.90. The summed E-state index contributed by atoms with van der Waals surface area (Å²) in [5.74, 6) is -0.0139. The monoisotopic (exact) mass is 227 g/mol. The van der Waals surface area contributed by atoms with Crippen LogP contribution in [0.5, 0.6) is 0 Å². The Kier molecular flexibility index (Phi) is 3.00. The SMILES string of the molecule is Cc1cc(Br)ccc1C(=O)CN. The molecule has 12 heavy (non-hydrogen) atoms. The van der Waals surface area contributed by atoms with E-state index in [0.29, 0.717) is 5.56 Å². The van der Waals surface area contributed by atoms with Gasteiger partial charge in [-0.05, 0) is 30.7 Å². The Balaban J connectivity index is 3.09. The van der Waals surface area contributed by atoms with Gasteiger partial charge in [-0.25, -0.2) is 0 Å². The van der Waals surface area contributed by atoms with Crippen molar-refractivity contribution in [2.24, 2.45) is 5.73 Å². The zero-order chi connectivity index (χ0) is 9.14. The average molecular weight is 228 g/mol. The second-order valence-corrected chi connectivity index (χ2v) is 3.50. The molecule has 0 saturated carbocycles. The van der Waals surface area contributed by atoms with Crippen LogP contribution in [0.4, 0.5) is 0 Å². The second kappa shape index (κ2) is 3.83. The van der Waals surface area contributed by atoms with Gasteiger partial charge in [0.05, 0.1) is 6.54 Å². The topological polar surface area (TPSA) is 43.1 Å². The van der Waals surface area contributed by atoms with Crippen molar-refractivity contribution in [3.05, 3.63) is 33.8 Å². The normalized spacial score (nSPS) is 9.92. The molecule has 1 rings (SSSR count). The van der Waals surface area contributed by atoms with Gasteiger partial charge in [-0.2, -0.15) is 0 Å². The molecule has 1 aromatic carbocycles. The molecule has 2 N–H and O–H groups in total. The van der Waals surface area contributed by atoms with Crippen LogP contribution in [0.2, 0.25) is 0 Å². The van der Waals surface area contributed by atoms with Crippen LogP contribution in [0.25, 0.3) is 0 Å². The Morgan fingerprint density at radius 2 is 2.25 bits per heavy atom. The van der Waals surface area contributed by atoms with Gasteiger partial charge in [0, 0.05) is 10.0 Å². The van der Waals surface area contributed by atoms with E-state index in [1.807, 2.05) is 19.1 Å². The molecule has 0 unspecified atom stereocenters. The molecule has 0 saturated heterocycles. The smallest absolute Gasteiger partial charge is 0.176 e. The Morgan fingerprint density at radius 1 is 1.58 bits per heavy atom. The molecule has 0 amide bonds. The molecule has 64 valence electrons. The minimum absolute atomic E-state index is 0.0139. The van der Waals surface area contributed by atoms with E-state index in [1.165, 1.54) is 0 Å². The molecule has 0 heterocycles. The summed E-state index contributed by atoms with van der Waals surface area (Å²) < 4.78 is 0.980. The van der Waals surface area contributed by atoms with Crippen molar-refractivity contribution in [3.8, 4) is 0 Å². The van der Waals surface area contributed by atoms with E-state index in [1.54, 1.807) is 6.07 Å². The van der Waals surface area contributed by atoms with E-state index < -0.39 is 0 Å². The fraction of sp³-hybridized carbons (Fsp3) is 0.222. The van der Waals surface area contributed by atoms with Gasteiger partial charge in [0.1, 0.15) is 0 Å². The van der Waals surface area contributed by atoms with Gasteiger partial charge < -0.3 is 5.73 Å². The van der Waals surface area contributed by atoms with E-state index in [9.17, 15) is 4.79 Å². The van der Waals surface area contributed by atoms with Crippen molar-refractivity contribution >= 4 is 21.7 Å². The zero-order valence-electron chi connectivity index (χ0n) is 6.80. The number of ketones is 1. The summed E-state index contributed by atoms with van der Waals surface area (Å²) in [6.45, 7) is 1.97. The number of halogens is 1. The predicted molar refractivity (Wildman–Crippen MR) is 52.3 cm³/mol. The maximum Gasteiger partial charge on any atom is 0.176 e. The Labute approximate surface area is 79.9 Å². The minimum Gasteiger partial charge on any atom is -0.324 e. The molecule has 0 radical (unpaired) electrons. The number of rotatable bonds is 2. The van der Waals surface area contributed by atoms with Crippen LogP contribution in [-0.2, 0) is 0 Å². The van der Waals surface area contributed by atoms with Crippen molar-refractivity contribution < 1.29 is 4.79 Å². The highest BCUT2D eigenvalue weighted by Crippen LogP contribution is 2.15. The van der Waals surface area contributed by atoms with Gasteiger partial charge in [-0.3, -0.25) is 4.79 Å². The third-order valence-electron chi connectivity index (χ3n) is 1.67. The molecule has 0 atom stereocenters. The number of aryl methyl sites for hydroxylation is 1. The standard InChI is InChI=1S/C9H10BrNO/c1-6-4-7(10)2-3-8(6)9(12)5-11/h2-4H,5,11H2,1H3. The molecule has 0 aliphatic rings. The molecule has 0 bridgehead atoms. The summed E-state index contributed by atoms with van der Waals surface area (Å²) in [5, 5.41) is 0. The maximum absolute atomic E-state index is 11.2. The largest absolute Gasteiger partial charge is 0.324 e. The number of carbonyl (C=O) groups excluding carboxylic acids is 1. The Bertz CT molecular complexity index is 309. The van der Waals surface area contributed by atoms with Gasteiger partial charge >= 0.3 is 0 Å². The van der Waals surface area contributed by atoms with E-state index >= 15 is 0 Å². The summed E-state index contributed by atoms with van der Waals surface area (Å²) in [5.41, 5.74) is 6.92. The fourth-order valence-electron chi connectivity index (χ4n) is 1.05. The highest BCUT2D eigenvalue weighted by atomic mass is 79.9. The minimum atomic E-state index is -0.0139. The van der Waals surface area contributed by atoms with Crippen LogP contribution < -0.4 is 5.73 Å². The van der Waals surface area contributed by atoms with Gasteiger partial charge in [0.2, 0.25) is 0 Å². The lowest BCUT2D eigenvalue weighted by Crippen LogP contribution is -2.14. The molecule has 0 fully saturated rings. The van der Waals surface area contributed by atoms with Crippen LogP contribution in [0.15, 0.2) is 22.7 Å². The molecule has 3 heteroatoms. The first kappa shape index (κ1) is 9.42. The quantitative estimate of drug-likeness (QED) is 0.785. The molecular formula is C9H10BrNO. The molecule has 0 aliphatic heterocycles. The van der Waals surface area contributed by atoms with Crippen molar-refractivity contribution in [3.63, 3.8) is 0 Å². The Hall–Kier alpha value is -0.670. The zero-order valence-corrected chi connectivity index (χ0v) is 8.39. The summed E-state index contributed by atoms with van der Waals surface area (Å²) in [6.07, 6.45) is 0. The van der Waals surface area contributed by atoms with Gasteiger partial charge in [0.15, 0.2) is 5.78 Å². The summed E-state index contributed by atoms with van der Waals surface area (Å²) in [4.78, 5) is 11.2. The van der Waals surface area contributed by atoms with Crippen molar-refractivity contribution in [2.45, 2.75) is 6.92 Å². The molecule has 0 aliphatic carbocycles. The van der Waals surface area contributed by atoms with Crippen molar-refractivity contribution in [1.82, 2.24) is 0 Å². The van der Waals surface area contributed by atoms with Crippen LogP contribution in [0, 0.1) is 6.92 Å². The number of carbonyl (C=O) groups is 1. The number of hydrogen-bond acceptors (Lipinski definition) is 2. The van der Waals surface area contributed by atoms with Crippen LogP contribution in [0.3, 0.4) is 0 Å².